The number of carbonyl (C=O) groups is 1. The van der Waals surface area contributed by atoms with E-state index in [-0.39, 0.29) is 27.6 Å². The average Bonchev–Trinajstić information content (AvgIpc) is 3.09. The van der Waals surface area contributed by atoms with E-state index in [0.29, 0.717) is 30.8 Å². The smallest absolute Gasteiger partial charge is 0.317 e. The number of methoxy groups -OCH3 is 5. The number of rotatable bonds is 5. The zero-order valence-corrected chi connectivity index (χ0v) is 37.3. The Labute approximate surface area is 337 Å². The molecule has 6 nitrogen and oxygen atoms in total. The van der Waals surface area contributed by atoms with Crippen LogP contribution in [0.2, 0.25) is 0 Å². The minimum atomic E-state index is -0.850. The van der Waals surface area contributed by atoms with Crippen LogP contribution in [0.25, 0.3) is 0 Å². The van der Waals surface area contributed by atoms with Crippen molar-refractivity contribution in [2.45, 2.75) is 130 Å². The number of hydrogen-bond donors (Lipinski definition) is 0. The molecule has 4 aromatic carbocycles. The largest absolute Gasteiger partial charge is 0.496 e. The van der Waals surface area contributed by atoms with Crippen molar-refractivity contribution in [3.63, 3.8) is 0 Å². The van der Waals surface area contributed by atoms with E-state index in [0.717, 1.165) is 67.1 Å². The molecule has 5 rings (SSSR count). The van der Waals surface area contributed by atoms with Crippen LogP contribution in [0.1, 0.15) is 156 Å². The first-order valence-corrected chi connectivity index (χ1v) is 19.9. The van der Waals surface area contributed by atoms with Crippen molar-refractivity contribution < 1.29 is 28.5 Å². The maximum atomic E-state index is 14.5. The maximum Gasteiger partial charge on any atom is 0.317 e. The van der Waals surface area contributed by atoms with Crippen molar-refractivity contribution in [1.29, 1.82) is 0 Å². The van der Waals surface area contributed by atoms with Crippen molar-refractivity contribution in [1.82, 2.24) is 0 Å². The van der Waals surface area contributed by atoms with Gasteiger partial charge in [0, 0.05) is 30.4 Å². The van der Waals surface area contributed by atoms with Crippen LogP contribution in [0, 0.1) is 0 Å². The van der Waals surface area contributed by atoms with Crippen LogP contribution in [0.4, 0.5) is 0 Å². The second kappa shape index (κ2) is 15.5. The minimum absolute atomic E-state index is 0.137. The molecule has 302 valence electrons. The van der Waals surface area contributed by atoms with Crippen molar-refractivity contribution in [2.24, 2.45) is 0 Å². The van der Waals surface area contributed by atoms with Crippen LogP contribution in [-0.2, 0) is 50.5 Å². The molecule has 0 heterocycles. The predicted molar refractivity (Wildman–Crippen MR) is 229 cm³/mol. The number of fused-ring (bicyclic) bond motifs is 8. The molecule has 6 heteroatoms. The van der Waals surface area contributed by atoms with E-state index >= 15 is 0 Å². The van der Waals surface area contributed by atoms with E-state index in [4.69, 9.17) is 23.7 Å². The Morgan fingerprint density at radius 2 is 0.643 bits per heavy atom. The SMILES string of the molecule is COC(=O)C1c2cc(C(C)(C)C)cc(c2OC)Cc2cc(C(C)(C)C)cc(c2OC)Cc2cc(C(C)(C)C)cc(c2OC)Cc2cc(C(C)(C)C)cc1c2OC. The number of benzene rings is 4. The lowest BCUT2D eigenvalue weighted by atomic mass is 9.77. The molecule has 0 aliphatic heterocycles. The molecule has 0 spiro atoms. The van der Waals surface area contributed by atoms with Gasteiger partial charge in [0.2, 0.25) is 0 Å². The van der Waals surface area contributed by atoms with E-state index < -0.39 is 5.92 Å². The number of esters is 1. The molecule has 56 heavy (non-hydrogen) atoms. The number of carbonyl (C=O) groups excluding carboxylic acids is 1. The third-order valence-electron chi connectivity index (χ3n) is 11.4. The Balaban J connectivity index is 2.07. The van der Waals surface area contributed by atoms with Gasteiger partial charge in [0.15, 0.2) is 0 Å². The van der Waals surface area contributed by atoms with Crippen LogP contribution in [0.3, 0.4) is 0 Å². The van der Waals surface area contributed by atoms with Crippen molar-refractivity contribution in [2.75, 3.05) is 35.5 Å². The van der Waals surface area contributed by atoms with Gasteiger partial charge in [-0.25, -0.2) is 0 Å². The summed E-state index contributed by atoms with van der Waals surface area (Å²) in [4.78, 5) is 14.5. The second-order valence-electron chi connectivity index (χ2n) is 19.7. The highest BCUT2D eigenvalue weighted by Crippen LogP contribution is 2.47. The standard InChI is InChI=1S/C50H66O6/c1-47(2,3)35-21-29-18-30-22-36(48(4,5)6)24-32(43(30)53-14)20-34-26-38(50(10,11)12)28-40(45(34)55-16)41(46(51)56-17)39-27-37(49(7,8)9)25-33(44(39)54-15)19-31(23-35)42(29)52-13/h21-28,41H,18-20H2,1-17H3. The number of hydrogen-bond acceptors (Lipinski definition) is 6. The first-order chi connectivity index (χ1) is 26.0. The Morgan fingerprint density at radius 1 is 0.411 bits per heavy atom. The van der Waals surface area contributed by atoms with Crippen molar-refractivity contribution in [3.8, 4) is 23.0 Å². The van der Waals surface area contributed by atoms with Gasteiger partial charge in [-0.05, 0) is 77.3 Å². The molecular formula is C50H66O6. The second-order valence-corrected chi connectivity index (χ2v) is 19.7. The van der Waals surface area contributed by atoms with E-state index in [1.54, 1.807) is 28.4 Å². The quantitative estimate of drug-likeness (QED) is 0.189. The lowest BCUT2D eigenvalue weighted by molar-refractivity contribution is -0.141. The fourth-order valence-corrected chi connectivity index (χ4v) is 8.06. The summed E-state index contributed by atoms with van der Waals surface area (Å²) in [5.74, 6) is 1.74. The lowest BCUT2D eigenvalue weighted by Crippen LogP contribution is -2.22. The highest BCUT2D eigenvalue weighted by molar-refractivity contribution is 5.85. The molecular weight excluding hydrogens is 697 g/mol. The molecule has 0 saturated heterocycles. The van der Waals surface area contributed by atoms with E-state index in [1.807, 2.05) is 0 Å². The van der Waals surface area contributed by atoms with Crippen molar-refractivity contribution >= 4 is 5.97 Å². The lowest BCUT2D eigenvalue weighted by Gasteiger charge is -2.30. The third-order valence-corrected chi connectivity index (χ3v) is 11.4. The minimum Gasteiger partial charge on any atom is -0.496 e. The van der Waals surface area contributed by atoms with Gasteiger partial charge in [0.25, 0.3) is 0 Å². The van der Waals surface area contributed by atoms with Crippen molar-refractivity contribution in [3.05, 3.63) is 115 Å². The topological polar surface area (TPSA) is 63.2 Å². The molecule has 0 atom stereocenters. The van der Waals surface area contributed by atoms with E-state index in [1.165, 1.54) is 18.2 Å². The zero-order chi connectivity index (χ0) is 41.7. The molecule has 4 aromatic rings. The molecule has 0 unspecified atom stereocenters. The third kappa shape index (κ3) is 8.45. The Hall–Kier alpha value is -4.45. The average molecular weight is 763 g/mol. The van der Waals surface area contributed by atoms with Crippen LogP contribution in [-0.4, -0.2) is 41.5 Å². The molecule has 1 aliphatic rings. The zero-order valence-electron chi connectivity index (χ0n) is 37.3. The molecule has 0 aromatic heterocycles. The first-order valence-electron chi connectivity index (χ1n) is 19.9. The Kier molecular flexibility index (Phi) is 11.8. The molecule has 0 saturated carbocycles. The van der Waals surface area contributed by atoms with Crippen LogP contribution in [0.5, 0.6) is 23.0 Å². The Morgan fingerprint density at radius 3 is 0.857 bits per heavy atom. The molecule has 1 aliphatic carbocycles. The summed E-state index contributed by atoms with van der Waals surface area (Å²) in [6.45, 7) is 26.7. The normalized spacial score (nSPS) is 13.9. The summed E-state index contributed by atoms with van der Waals surface area (Å²) >= 11 is 0. The van der Waals surface area contributed by atoms with Gasteiger partial charge in [-0.15, -0.1) is 0 Å². The van der Waals surface area contributed by atoms with E-state index in [2.05, 4.69) is 132 Å². The summed E-state index contributed by atoms with van der Waals surface area (Å²) in [5.41, 5.74) is 11.5. The van der Waals surface area contributed by atoms with Gasteiger partial charge in [-0.3, -0.25) is 4.79 Å². The number of ether oxygens (including phenoxy) is 5. The molecule has 0 fully saturated rings. The highest BCUT2D eigenvalue weighted by atomic mass is 16.5. The van der Waals surface area contributed by atoms with Crippen LogP contribution >= 0.6 is 0 Å². The molecule has 0 radical (unpaired) electrons. The van der Waals surface area contributed by atoms with Gasteiger partial charge >= 0.3 is 5.97 Å². The molecule has 0 amide bonds. The first kappa shape index (κ1) is 42.7. The maximum absolute atomic E-state index is 14.5. The van der Waals surface area contributed by atoms with Crippen LogP contribution < -0.4 is 18.9 Å². The monoisotopic (exact) mass is 762 g/mol. The highest BCUT2D eigenvalue weighted by Gasteiger charge is 2.36. The van der Waals surface area contributed by atoms with Gasteiger partial charge in [0.05, 0.1) is 35.5 Å². The summed E-state index contributed by atoms with van der Waals surface area (Å²) in [6.07, 6.45) is 1.64. The summed E-state index contributed by atoms with van der Waals surface area (Å²) < 4.78 is 31.3. The fourth-order valence-electron chi connectivity index (χ4n) is 8.06. The molecule has 0 N–H and O–H groups in total. The van der Waals surface area contributed by atoms with Gasteiger partial charge in [-0.1, -0.05) is 132 Å². The van der Waals surface area contributed by atoms with Crippen LogP contribution in [0.15, 0.2) is 48.5 Å². The summed E-state index contributed by atoms with van der Waals surface area (Å²) in [7, 11) is 8.37. The fraction of sp³-hybridized carbons (Fsp3) is 0.500. The van der Waals surface area contributed by atoms with E-state index in [9.17, 15) is 4.79 Å². The summed E-state index contributed by atoms with van der Waals surface area (Å²) in [6, 6.07) is 17.9. The Bertz CT molecular complexity index is 1970. The molecule has 8 bridgehead atoms. The van der Waals surface area contributed by atoms with Gasteiger partial charge in [-0.2, -0.15) is 0 Å². The predicted octanol–water partition coefficient (Wildman–Crippen LogP) is 11.3. The summed E-state index contributed by atoms with van der Waals surface area (Å²) in [5, 5.41) is 0. The van der Waals surface area contributed by atoms with Gasteiger partial charge in [0.1, 0.15) is 28.9 Å². The van der Waals surface area contributed by atoms with Gasteiger partial charge < -0.3 is 23.7 Å².